The lowest BCUT2D eigenvalue weighted by Gasteiger charge is -2.12. The van der Waals surface area contributed by atoms with Crippen LogP contribution in [0.1, 0.15) is 17.5 Å². The minimum absolute atomic E-state index is 0.335. The van der Waals surface area contributed by atoms with Crippen LogP contribution in [0.4, 0.5) is 0 Å². The Morgan fingerprint density at radius 2 is 2.00 bits per heavy atom. The SMILES string of the molecule is NC(=S)c1c(Br)cccc1OCCCc1ccncc1. The van der Waals surface area contributed by atoms with Gasteiger partial charge in [-0.05, 0) is 58.6 Å². The quantitative estimate of drug-likeness (QED) is 0.639. The summed E-state index contributed by atoms with van der Waals surface area (Å²) in [4.78, 5) is 4.33. The normalized spacial score (nSPS) is 10.2. The van der Waals surface area contributed by atoms with Crippen LogP contribution in [0.25, 0.3) is 0 Å². The fraction of sp³-hybridized carbons (Fsp3) is 0.200. The molecule has 0 amide bonds. The topological polar surface area (TPSA) is 48.1 Å². The van der Waals surface area contributed by atoms with Gasteiger partial charge < -0.3 is 10.5 Å². The highest BCUT2D eigenvalue weighted by molar-refractivity contribution is 9.10. The average Bonchev–Trinajstić information content (AvgIpc) is 2.44. The second-order valence-electron chi connectivity index (χ2n) is 4.28. The van der Waals surface area contributed by atoms with E-state index in [1.54, 1.807) is 12.4 Å². The molecule has 0 unspecified atom stereocenters. The van der Waals surface area contributed by atoms with Crippen molar-refractivity contribution >= 4 is 33.1 Å². The summed E-state index contributed by atoms with van der Waals surface area (Å²) in [6.07, 6.45) is 5.48. The van der Waals surface area contributed by atoms with Gasteiger partial charge in [0.05, 0.1) is 12.2 Å². The second kappa shape index (κ2) is 7.36. The first-order valence-corrected chi connectivity index (χ1v) is 7.48. The molecule has 0 fully saturated rings. The van der Waals surface area contributed by atoms with E-state index in [-0.39, 0.29) is 0 Å². The lowest BCUT2D eigenvalue weighted by Crippen LogP contribution is -2.13. The summed E-state index contributed by atoms with van der Waals surface area (Å²) in [6, 6.07) is 9.72. The first-order chi connectivity index (χ1) is 9.68. The Hall–Kier alpha value is -1.46. The van der Waals surface area contributed by atoms with E-state index in [4.69, 9.17) is 22.7 Å². The van der Waals surface area contributed by atoms with Crippen molar-refractivity contribution in [2.24, 2.45) is 5.73 Å². The molecule has 0 radical (unpaired) electrons. The zero-order chi connectivity index (χ0) is 14.4. The van der Waals surface area contributed by atoms with Gasteiger partial charge in [-0.1, -0.05) is 18.3 Å². The van der Waals surface area contributed by atoms with Crippen molar-refractivity contribution in [1.29, 1.82) is 0 Å². The minimum atomic E-state index is 0.335. The zero-order valence-corrected chi connectivity index (χ0v) is 13.3. The van der Waals surface area contributed by atoms with Crippen LogP contribution in [0, 0.1) is 0 Å². The minimum Gasteiger partial charge on any atom is -0.493 e. The number of aryl methyl sites for hydroxylation is 1. The number of hydrogen-bond donors (Lipinski definition) is 1. The molecule has 0 aliphatic heterocycles. The molecule has 0 saturated heterocycles. The van der Waals surface area contributed by atoms with Crippen molar-refractivity contribution in [2.45, 2.75) is 12.8 Å². The number of hydrogen-bond acceptors (Lipinski definition) is 3. The molecular weight excluding hydrogens is 336 g/mol. The summed E-state index contributed by atoms with van der Waals surface area (Å²) in [5, 5.41) is 0. The Bertz CT molecular complexity index is 590. The van der Waals surface area contributed by atoms with Crippen LogP contribution in [0.3, 0.4) is 0 Å². The van der Waals surface area contributed by atoms with Gasteiger partial charge in [0.25, 0.3) is 0 Å². The van der Waals surface area contributed by atoms with Crippen LogP contribution in [0.5, 0.6) is 5.75 Å². The maximum absolute atomic E-state index is 5.79. The third-order valence-corrected chi connectivity index (χ3v) is 3.70. The zero-order valence-electron chi connectivity index (χ0n) is 10.9. The molecule has 0 bridgehead atoms. The first kappa shape index (κ1) is 14.9. The van der Waals surface area contributed by atoms with Crippen molar-refractivity contribution < 1.29 is 4.74 Å². The molecule has 3 nitrogen and oxygen atoms in total. The van der Waals surface area contributed by atoms with Crippen LogP contribution < -0.4 is 10.5 Å². The molecule has 2 rings (SSSR count). The fourth-order valence-electron chi connectivity index (χ4n) is 1.87. The summed E-state index contributed by atoms with van der Waals surface area (Å²) in [6.45, 7) is 0.619. The molecule has 20 heavy (non-hydrogen) atoms. The fourth-order valence-corrected chi connectivity index (χ4v) is 2.77. The van der Waals surface area contributed by atoms with Gasteiger partial charge in [0.1, 0.15) is 10.7 Å². The third kappa shape index (κ3) is 4.02. The number of aromatic nitrogens is 1. The van der Waals surface area contributed by atoms with E-state index in [0.717, 1.165) is 28.6 Å². The largest absolute Gasteiger partial charge is 0.493 e. The van der Waals surface area contributed by atoms with Gasteiger partial charge in [0, 0.05) is 16.9 Å². The van der Waals surface area contributed by atoms with Crippen molar-refractivity contribution in [1.82, 2.24) is 4.98 Å². The number of thiocarbonyl (C=S) groups is 1. The molecule has 1 heterocycles. The summed E-state index contributed by atoms with van der Waals surface area (Å²) in [5.74, 6) is 0.724. The monoisotopic (exact) mass is 350 g/mol. The Kier molecular flexibility index (Phi) is 5.49. The van der Waals surface area contributed by atoms with Gasteiger partial charge in [-0.25, -0.2) is 0 Å². The number of benzene rings is 1. The highest BCUT2D eigenvalue weighted by Crippen LogP contribution is 2.26. The molecule has 1 aromatic carbocycles. The molecule has 0 spiro atoms. The van der Waals surface area contributed by atoms with Gasteiger partial charge in [-0.15, -0.1) is 0 Å². The Balaban J connectivity index is 1.92. The highest BCUT2D eigenvalue weighted by Gasteiger charge is 2.10. The number of nitrogens with two attached hydrogens (primary N) is 1. The molecule has 2 N–H and O–H groups in total. The predicted molar refractivity (Wildman–Crippen MR) is 88.1 cm³/mol. The van der Waals surface area contributed by atoms with E-state index >= 15 is 0 Å². The average molecular weight is 351 g/mol. The molecule has 5 heteroatoms. The van der Waals surface area contributed by atoms with Crippen LogP contribution >= 0.6 is 28.1 Å². The van der Waals surface area contributed by atoms with E-state index in [1.807, 2.05) is 30.3 Å². The van der Waals surface area contributed by atoms with Crippen molar-refractivity contribution in [2.75, 3.05) is 6.61 Å². The molecule has 0 aliphatic carbocycles. The van der Waals surface area contributed by atoms with Gasteiger partial charge in [-0.3, -0.25) is 4.98 Å². The second-order valence-corrected chi connectivity index (χ2v) is 5.58. The van der Waals surface area contributed by atoms with E-state index in [0.29, 0.717) is 11.6 Å². The van der Waals surface area contributed by atoms with E-state index < -0.39 is 0 Å². The number of ether oxygens (including phenoxy) is 1. The van der Waals surface area contributed by atoms with Crippen LogP contribution in [0.2, 0.25) is 0 Å². The summed E-state index contributed by atoms with van der Waals surface area (Å²) in [5.41, 5.74) is 7.74. The Labute approximate surface area is 132 Å². The smallest absolute Gasteiger partial charge is 0.130 e. The van der Waals surface area contributed by atoms with Crippen molar-refractivity contribution in [3.8, 4) is 5.75 Å². The maximum atomic E-state index is 5.79. The van der Waals surface area contributed by atoms with Gasteiger partial charge >= 0.3 is 0 Å². The van der Waals surface area contributed by atoms with Crippen LogP contribution in [-0.4, -0.2) is 16.6 Å². The molecule has 0 atom stereocenters. The third-order valence-electron chi connectivity index (χ3n) is 2.84. The summed E-state index contributed by atoms with van der Waals surface area (Å²) >= 11 is 8.49. The number of nitrogens with zero attached hydrogens (tertiary/aromatic N) is 1. The lowest BCUT2D eigenvalue weighted by molar-refractivity contribution is 0.310. The maximum Gasteiger partial charge on any atom is 0.130 e. The predicted octanol–water partition coefficient (Wildman–Crippen LogP) is 3.49. The molecule has 2 aromatic rings. The number of rotatable bonds is 6. The molecule has 104 valence electrons. The van der Waals surface area contributed by atoms with Gasteiger partial charge in [0.15, 0.2) is 0 Å². The number of halogens is 1. The molecule has 0 aliphatic rings. The highest BCUT2D eigenvalue weighted by atomic mass is 79.9. The van der Waals surface area contributed by atoms with Gasteiger partial charge in [0.2, 0.25) is 0 Å². The molecule has 1 aromatic heterocycles. The van der Waals surface area contributed by atoms with Crippen LogP contribution in [0.15, 0.2) is 47.2 Å². The van der Waals surface area contributed by atoms with E-state index in [9.17, 15) is 0 Å². The summed E-state index contributed by atoms with van der Waals surface area (Å²) < 4.78 is 6.65. The molecular formula is C15H15BrN2OS. The van der Waals surface area contributed by atoms with Crippen molar-refractivity contribution in [3.63, 3.8) is 0 Å². The molecule has 0 saturated carbocycles. The Morgan fingerprint density at radius 1 is 1.25 bits per heavy atom. The first-order valence-electron chi connectivity index (χ1n) is 6.28. The summed E-state index contributed by atoms with van der Waals surface area (Å²) in [7, 11) is 0. The van der Waals surface area contributed by atoms with Gasteiger partial charge in [-0.2, -0.15) is 0 Å². The van der Waals surface area contributed by atoms with Crippen LogP contribution in [-0.2, 0) is 6.42 Å². The Morgan fingerprint density at radius 3 is 2.70 bits per heavy atom. The number of pyridine rings is 1. The standard InChI is InChI=1S/C15H15BrN2OS/c16-12-4-1-5-13(14(12)15(17)20)19-10-2-3-11-6-8-18-9-7-11/h1,4-9H,2-3,10H2,(H2,17,20). The van der Waals surface area contributed by atoms with Crippen molar-refractivity contribution in [3.05, 3.63) is 58.3 Å². The van der Waals surface area contributed by atoms with E-state index in [1.165, 1.54) is 5.56 Å². The van der Waals surface area contributed by atoms with E-state index in [2.05, 4.69) is 20.9 Å². The lowest BCUT2D eigenvalue weighted by atomic mass is 10.1.